The molecule has 98 valence electrons. The summed E-state index contributed by atoms with van der Waals surface area (Å²) in [4.78, 5) is 24.6. The van der Waals surface area contributed by atoms with Crippen molar-refractivity contribution in [2.24, 2.45) is 0 Å². The molecule has 6 heteroatoms. The van der Waals surface area contributed by atoms with Crippen molar-refractivity contribution in [3.63, 3.8) is 0 Å². The number of carbonyl (C=O) groups excluding carboxylic acids is 1. The maximum Gasteiger partial charge on any atom is 0.267 e. The summed E-state index contributed by atoms with van der Waals surface area (Å²) >= 11 is 0. The number of H-pyrrole nitrogens is 2. The Morgan fingerprint density at radius 3 is 2.68 bits per heavy atom. The summed E-state index contributed by atoms with van der Waals surface area (Å²) in [6, 6.07) is 6.93. The number of fused-ring (bicyclic) bond motifs is 1. The van der Waals surface area contributed by atoms with E-state index in [0.29, 0.717) is 17.1 Å². The van der Waals surface area contributed by atoms with E-state index in [-0.39, 0.29) is 11.5 Å². The fourth-order valence-corrected chi connectivity index (χ4v) is 2.17. The predicted molar refractivity (Wildman–Crippen MR) is 70.3 cm³/mol. The number of hydrogen-bond donors (Lipinski definition) is 2. The lowest BCUT2D eigenvalue weighted by molar-refractivity contribution is -0.125. The Morgan fingerprint density at radius 2 is 2.00 bits per heavy atom. The van der Waals surface area contributed by atoms with Crippen LogP contribution < -0.4 is 15.2 Å². The summed E-state index contributed by atoms with van der Waals surface area (Å²) in [6.45, 7) is 1.72. The molecule has 1 atom stereocenters. The minimum absolute atomic E-state index is 0.0905. The average molecular weight is 259 g/mol. The number of anilines is 1. The SMILES string of the molecule is CC1Oc2ccc(-c3cc(=O)[nH][nH]3)cc2N(C)C1=O. The van der Waals surface area contributed by atoms with E-state index < -0.39 is 6.10 Å². The van der Waals surface area contributed by atoms with Crippen molar-refractivity contribution in [3.8, 4) is 17.0 Å². The Morgan fingerprint density at radius 1 is 1.21 bits per heavy atom. The Labute approximate surface area is 109 Å². The molecule has 1 amide bonds. The molecule has 2 N–H and O–H groups in total. The van der Waals surface area contributed by atoms with Crippen molar-refractivity contribution in [1.82, 2.24) is 10.2 Å². The van der Waals surface area contributed by atoms with E-state index >= 15 is 0 Å². The van der Waals surface area contributed by atoms with E-state index in [9.17, 15) is 9.59 Å². The quantitative estimate of drug-likeness (QED) is 0.805. The summed E-state index contributed by atoms with van der Waals surface area (Å²) in [6.07, 6.45) is -0.476. The minimum Gasteiger partial charge on any atom is -0.479 e. The highest BCUT2D eigenvalue weighted by molar-refractivity contribution is 5.99. The molecule has 3 rings (SSSR count). The van der Waals surface area contributed by atoms with Gasteiger partial charge in [-0.25, -0.2) is 0 Å². The van der Waals surface area contributed by atoms with E-state index in [1.54, 1.807) is 24.9 Å². The highest BCUT2D eigenvalue weighted by Crippen LogP contribution is 2.36. The van der Waals surface area contributed by atoms with Crippen LogP contribution in [0.25, 0.3) is 11.3 Å². The van der Waals surface area contributed by atoms with Crippen LogP contribution in [0.5, 0.6) is 5.75 Å². The maximum atomic E-state index is 11.9. The highest BCUT2D eigenvalue weighted by atomic mass is 16.5. The number of nitrogens with one attached hydrogen (secondary N) is 2. The lowest BCUT2D eigenvalue weighted by atomic mass is 10.1. The van der Waals surface area contributed by atoms with Crippen molar-refractivity contribution in [3.05, 3.63) is 34.6 Å². The van der Waals surface area contributed by atoms with E-state index in [2.05, 4.69) is 10.2 Å². The predicted octanol–water partition coefficient (Wildman–Crippen LogP) is 1.11. The van der Waals surface area contributed by atoms with Crippen LogP contribution >= 0.6 is 0 Å². The van der Waals surface area contributed by atoms with Gasteiger partial charge in [-0.1, -0.05) is 0 Å². The van der Waals surface area contributed by atoms with Crippen LogP contribution in [-0.4, -0.2) is 29.3 Å². The fourth-order valence-electron chi connectivity index (χ4n) is 2.17. The van der Waals surface area contributed by atoms with Gasteiger partial charge in [0, 0.05) is 18.7 Å². The van der Waals surface area contributed by atoms with E-state index in [0.717, 1.165) is 5.56 Å². The van der Waals surface area contributed by atoms with Crippen LogP contribution in [0.2, 0.25) is 0 Å². The zero-order valence-electron chi connectivity index (χ0n) is 10.6. The molecule has 1 aliphatic heterocycles. The first-order valence-corrected chi connectivity index (χ1v) is 5.92. The zero-order chi connectivity index (χ0) is 13.6. The Hall–Kier alpha value is -2.50. The summed E-state index contributed by atoms with van der Waals surface area (Å²) in [5, 5.41) is 5.26. The molecule has 6 nitrogen and oxygen atoms in total. The topological polar surface area (TPSA) is 78.2 Å². The third-order valence-electron chi connectivity index (χ3n) is 3.21. The minimum atomic E-state index is -0.476. The lowest BCUT2D eigenvalue weighted by Gasteiger charge is -2.30. The molecule has 1 aromatic carbocycles. The van der Waals surface area contributed by atoms with Crippen molar-refractivity contribution in [1.29, 1.82) is 0 Å². The number of amides is 1. The molecular weight excluding hydrogens is 246 g/mol. The maximum absolute atomic E-state index is 11.9. The van der Waals surface area contributed by atoms with Crippen LogP contribution in [-0.2, 0) is 4.79 Å². The zero-order valence-corrected chi connectivity index (χ0v) is 10.6. The van der Waals surface area contributed by atoms with Gasteiger partial charge in [0.1, 0.15) is 5.75 Å². The van der Waals surface area contributed by atoms with Gasteiger partial charge < -0.3 is 9.64 Å². The standard InChI is InChI=1S/C13H13N3O3/c1-7-13(18)16(2)10-5-8(3-4-11(10)19-7)9-6-12(17)15-14-9/h3-7H,1-2H3,(H2,14,15,17). The first-order valence-electron chi connectivity index (χ1n) is 5.92. The van der Waals surface area contributed by atoms with Gasteiger partial charge in [0.05, 0.1) is 11.4 Å². The number of benzene rings is 1. The van der Waals surface area contributed by atoms with Crippen LogP contribution in [0.4, 0.5) is 5.69 Å². The molecule has 0 fully saturated rings. The molecule has 0 saturated carbocycles. The van der Waals surface area contributed by atoms with Crippen LogP contribution in [0.3, 0.4) is 0 Å². The van der Waals surface area contributed by atoms with Crippen molar-refractivity contribution >= 4 is 11.6 Å². The fraction of sp³-hybridized carbons (Fsp3) is 0.231. The smallest absolute Gasteiger partial charge is 0.267 e. The number of aromatic nitrogens is 2. The summed E-state index contributed by atoms with van der Waals surface area (Å²) < 4.78 is 5.54. The second-order valence-corrected chi connectivity index (χ2v) is 4.51. The number of likely N-dealkylation sites (N-methyl/N-ethyl adjacent to an activating group) is 1. The first kappa shape index (κ1) is 11.6. The van der Waals surface area contributed by atoms with Crippen molar-refractivity contribution in [2.45, 2.75) is 13.0 Å². The molecule has 19 heavy (non-hydrogen) atoms. The molecule has 0 saturated heterocycles. The number of carbonyl (C=O) groups is 1. The second kappa shape index (κ2) is 4.01. The number of nitrogens with zero attached hydrogens (tertiary/aromatic N) is 1. The van der Waals surface area contributed by atoms with Gasteiger partial charge in [-0.15, -0.1) is 0 Å². The van der Waals surface area contributed by atoms with E-state index in [1.807, 2.05) is 12.1 Å². The first-order chi connectivity index (χ1) is 9.06. The van der Waals surface area contributed by atoms with Crippen LogP contribution in [0.1, 0.15) is 6.92 Å². The third kappa shape index (κ3) is 1.81. The average Bonchev–Trinajstić information content (AvgIpc) is 2.83. The van der Waals surface area contributed by atoms with Gasteiger partial charge in [-0.2, -0.15) is 0 Å². The molecule has 1 unspecified atom stereocenters. The highest BCUT2D eigenvalue weighted by Gasteiger charge is 2.29. The number of aromatic amines is 2. The lowest BCUT2D eigenvalue weighted by Crippen LogP contribution is -2.41. The van der Waals surface area contributed by atoms with Gasteiger partial charge >= 0.3 is 0 Å². The molecule has 0 radical (unpaired) electrons. The van der Waals surface area contributed by atoms with Crippen LogP contribution in [0, 0.1) is 0 Å². The van der Waals surface area contributed by atoms with Crippen LogP contribution in [0.15, 0.2) is 29.1 Å². The van der Waals surface area contributed by atoms with E-state index in [1.165, 1.54) is 6.07 Å². The Balaban J connectivity index is 2.09. The summed E-state index contributed by atoms with van der Waals surface area (Å²) in [7, 11) is 1.71. The second-order valence-electron chi connectivity index (χ2n) is 4.51. The summed E-state index contributed by atoms with van der Waals surface area (Å²) in [5.74, 6) is 0.573. The molecule has 0 aliphatic carbocycles. The molecule has 2 heterocycles. The van der Waals surface area contributed by atoms with Gasteiger partial charge in [0.25, 0.3) is 11.5 Å². The van der Waals surface area contributed by atoms with E-state index in [4.69, 9.17) is 4.74 Å². The molecule has 0 spiro atoms. The van der Waals surface area contributed by atoms with Crippen molar-refractivity contribution in [2.75, 3.05) is 11.9 Å². The Bertz CT molecular complexity index is 701. The van der Waals surface area contributed by atoms with Gasteiger partial charge in [0.15, 0.2) is 6.10 Å². The third-order valence-corrected chi connectivity index (χ3v) is 3.21. The monoisotopic (exact) mass is 259 g/mol. The number of rotatable bonds is 1. The van der Waals surface area contributed by atoms with Crippen molar-refractivity contribution < 1.29 is 9.53 Å². The molecule has 1 aliphatic rings. The number of hydrogen-bond acceptors (Lipinski definition) is 3. The summed E-state index contributed by atoms with van der Waals surface area (Å²) in [5.41, 5.74) is 1.99. The Kier molecular flexibility index (Phi) is 2.45. The number of ether oxygens (including phenoxy) is 1. The molecule has 1 aromatic heterocycles. The van der Waals surface area contributed by atoms with Gasteiger partial charge in [-0.05, 0) is 25.1 Å². The molecule has 2 aromatic rings. The normalized spacial score (nSPS) is 18.1. The molecular formula is C13H13N3O3. The van der Waals surface area contributed by atoms with Gasteiger partial charge in [0.2, 0.25) is 0 Å². The largest absolute Gasteiger partial charge is 0.479 e. The molecule has 0 bridgehead atoms. The van der Waals surface area contributed by atoms with Gasteiger partial charge in [-0.3, -0.25) is 19.8 Å².